The van der Waals surface area contributed by atoms with Gasteiger partial charge in [-0.3, -0.25) is 0 Å². The van der Waals surface area contributed by atoms with E-state index in [0.29, 0.717) is 0 Å². The average Bonchev–Trinajstić information content (AvgIpc) is 2.37. The van der Waals surface area contributed by atoms with Crippen molar-refractivity contribution in [3.63, 3.8) is 0 Å². The van der Waals surface area contributed by atoms with E-state index in [0.717, 1.165) is 6.42 Å². The third-order valence-corrected chi connectivity index (χ3v) is 8.49. The van der Waals surface area contributed by atoms with Crippen LogP contribution in [-0.2, 0) is 4.43 Å². The molecule has 0 aromatic carbocycles. The summed E-state index contributed by atoms with van der Waals surface area (Å²) in [6.07, 6.45) is 7.98. The van der Waals surface area contributed by atoms with Gasteiger partial charge in [-0.15, -0.1) is 0 Å². The van der Waals surface area contributed by atoms with E-state index in [1.54, 1.807) is 5.57 Å². The van der Waals surface area contributed by atoms with Crippen LogP contribution >= 0.6 is 0 Å². The molecule has 0 unspecified atom stereocenters. The van der Waals surface area contributed by atoms with Gasteiger partial charge in [0.1, 0.15) is 0 Å². The first-order valence-corrected chi connectivity index (χ1v) is 9.30. The standard InChI is InChI=1S/C14H26OSi/c1-5-13-9-11-14(12-10-13)15-16(6-2,7-3)8-4/h9,11H,5-8,10,12H2,1-4H3. The molecule has 1 aliphatic rings. The first-order valence-electron chi connectivity index (χ1n) is 6.77. The molecule has 1 nitrogen and oxygen atoms in total. The van der Waals surface area contributed by atoms with Gasteiger partial charge in [0.15, 0.2) is 0 Å². The van der Waals surface area contributed by atoms with Gasteiger partial charge in [-0.2, -0.15) is 0 Å². The predicted molar refractivity (Wildman–Crippen MR) is 74.0 cm³/mol. The molecule has 0 saturated heterocycles. The van der Waals surface area contributed by atoms with Gasteiger partial charge < -0.3 is 4.43 Å². The topological polar surface area (TPSA) is 9.23 Å². The molecule has 0 radical (unpaired) electrons. The average molecular weight is 238 g/mol. The molecule has 16 heavy (non-hydrogen) atoms. The lowest BCUT2D eigenvalue weighted by Gasteiger charge is -2.31. The second-order valence-electron chi connectivity index (χ2n) is 4.66. The van der Waals surface area contributed by atoms with Crippen molar-refractivity contribution in [2.75, 3.05) is 0 Å². The fraction of sp³-hybridized carbons (Fsp3) is 0.714. The molecule has 0 N–H and O–H groups in total. The molecule has 1 aliphatic carbocycles. The molecule has 0 aromatic rings. The van der Waals surface area contributed by atoms with E-state index in [1.165, 1.54) is 36.7 Å². The van der Waals surface area contributed by atoms with Gasteiger partial charge in [0.2, 0.25) is 8.32 Å². The summed E-state index contributed by atoms with van der Waals surface area (Å²) in [7, 11) is -1.43. The Labute approximate surface area is 102 Å². The van der Waals surface area contributed by atoms with E-state index in [4.69, 9.17) is 4.43 Å². The lowest BCUT2D eigenvalue weighted by Crippen LogP contribution is -2.35. The van der Waals surface area contributed by atoms with Crippen LogP contribution in [0, 0.1) is 0 Å². The van der Waals surface area contributed by atoms with Crippen molar-refractivity contribution in [1.29, 1.82) is 0 Å². The molecule has 0 spiro atoms. The van der Waals surface area contributed by atoms with E-state index < -0.39 is 8.32 Å². The van der Waals surface area contributed by atoms with Crippen LogP contribution in [0.1, 0.15) is 47.0 Å². The quantitative estimate of drug-likeness (QED) is 0.590. The zero-order valence-corrected chi connectivity index (χ0v) is 12.3. The predicted octanol–water partition coefficient (Wildman–Crippen LogP) is 5.02. The minimum atomic E-state index is -1.43. The lowest BCUT2D eigenvalue weighted by molar-refractivity contribution is 0.381. The Balaban J connectivity index is 2.67. The first kappa shape index (κ1) is 13.6. The summed E-state index contributed by atoms with van der Waals surface area (Å²) in [5.74, 6) is 1.24. The fourth-order valence-electron chi connectivity index (χ4n) is 2.29. The highest BCUT2D eigenvalue weighted by atomic mass is 28.4. The summed E-state index contributed by atoms with van der Waals surface area (Å²) in [6.45, 7) is 9.09. The molecule has 0 fully saturated rings. The Morgan fingerprint density at radius 3 is 2.00 bits per heavy atom. The molecule has 92 valence electrons. The second kappa shape index (κ2) is 6.29. The van der Waals surface area contributed by atoms with Gasteiger partial charge in [-0.25, -0.2) is 0 Å². The Bertz CT molecular complexity index is 266. The van der Waals surface area contributed by atoms with E-state index in [1.807, 2.05) is 0 Å². The zero-order chi connectivity index (χ0) is 12.0. The van der Waals surface area contributed by atoms with Gasteiger partial charge in [0, 0.05) is 6.42 Å². The lowest BCUT2D eigenvalue weighted by atomic mass is 10.0. The molecule has 0 amide bonds. The number of hydrogen-bond acceptors (Lipinski definition) is 1. The maximum atomic E-state index is 6.37. The van der Waals surface area contributed by atoms with Crippen molar-refractivity contribution in [3.8, 4) is 0 Å². The molecule has 0 saturated carbocycles. The van der Waals surface area contributed by atoms with Crippen molar-refractivity contribution in [3.05, 3.63) is 23.5 Å². The molecule has 0 heterocycles. The number of allylic oxidation sites excluding steroid dienone is 4. The van der Waals surface area contributed by atoms with E-state index in [9.17, 15) is 0 Å². The first-order chi connectivity index (χ1) is 7.69. The van der Waals surface area contributed by atoms with Crippen molar-refractivity contribution >= 4 is 8.32 Å². The third kappa shape index (κ3) is 3.24. The molecular formula is C14H26OSi. The zero-order valence-electron chi connectivity index (χ0n) is 11.3. The van der Waals surface area contributed by atoms with Crippen LogP contribution in [0.2, 0.25) is 18.1 Å². The van der Waals surface area contributed by atoms with Crippen LogP contribution in [-0.4, -0.2) is 8.32 Å². The summed E-state index contributed by atoms with van der Waals surface area (Å²) in [6, 6.07) is 3.71. The van der Waals surface area contributed by atoms with Crippen molar-refractivity contribution in [1.82, 2.24) is 0 Å². The van der Waals surface area contributed by atoms with Crippen molar-refractivity contribution < 1.29 is 4.43 Å². The van der Waals surface area contributed by atoms with Crippen LogP contribution in [0.15, 0.2) is 23.5 Å². The normalized spacial score (nSPS) is 16.8. The third-order valence-electron chi connectivity index (χ3n) is 3.93. The summed E-state index contributed by atoms with van der Waals surface area (Å²) in [4.78, 5) is 0. The smallest absolute Gasteiger partial charge is 0.250 e. The fourth-order valence-corrected chi connectivity index (χ4v) is 4.94. The van der Waals surface area contributed by atoms with Gasteiger partial charge in [0.05, 0.1) is 5.76 Å². The Kier molecular flexibility index (Phi) is 5.33. The van der Waals surface area contributed by atoms with Crippen LogP contribution in [0.5, 0.6) is 0 Å². The van der Waals surface area contributed by atoms with Crippen LogP contribution in [0.3, 0.4) is 0 Å². The number of rotatable bonds is 6. The molecule has 0 aliphatic heterocycles. The number of hydrogen-bond donors (Lipinski definition) is 0. The van der Waals surface area contributed by atoms with Crippen LogP contribution in [0.4, 0.5) is 0 Å². The Hall–Kier alpha value is -0.503. The molecule has 2 heteroatoms. The maximum Gasteiger partial charge on any atom is 0.250 e. The summed E-state index contributed by atoms with van der Waals surface area (Å²) in [5, 5.41) is 0. The highest BCUT2D eigenvalue weighted by molar-refractivity contribution is 6.73. The largest absolute Gasteiger partial charge is 0.547 e. The van der Waals surface area contributed by atoms with Crippen LogP contribution < -0.4 is 0 Å². The Morgan fingerprint density at radius 1 is 1.00 bits per heavy atom. The molecule has 0 bridgehead atoms. The summed E-state index contributed by atoms with van der Waals surface area (Å²) < 4.78 is 6.37. The van der Waals surface area contributed by atoms with Crippen molar-refractivity contribution in [2.45, 2.75) is 65.1 Å². The maximum absolute atomic E-state index is 6.37. The summed E-state index contributed by atoms with van der Waals surface area (Å²) in [5.41, 5.74) is 1.56. The summed E-state index contributed by atoms with van der Waals surface area (Å²) >= 11 is 0. The molecular weight excluding hydrogens is 212 g/mol. The minimum absolute atomic E-state index is 1.12. The van der Waals surface area contributed by atoms with E-state index in [-0.39, 0.29) is 0 Å². The van der Waals surface area contributed by atoms with Gasteiger partial charge >= 0.3 is 0 Å². The van der Waals surface area contributed by atoms with Crippen molar-refractivity contribution in [2.24, 2.45) is 0 Å². The van der Waals surface area contributed by atoms with Crippen LogP contribution in [0.25, 0.3) is 0 Å². The van der Waals surface area contributed by atoms with Gasteiger partial charge in [-0.05, 0) is 37.0 Å². The highest BCUT2D eigenvalue weighted by Crippen LogP contribution is 2.29. The highest BCUT2D eigenvalue weighted by Gasteiger charge is 2.31. The molecule has 0 aromatic heterocycles. The molecule has 1 rings (SSSR count). The van der Waals surface area contributed by atoms with Gasteiger partial charge in [-0.1, -0.05) is 39.3 Å². The van der Waals surface area contributed by atoms with E-state index in [2.05, 4.69) is 39.8 Å². The minimum Gasteiger partial charge on any atom is -0.547 e. The second-order valence-corrected chi connectivity index (χ2v) is 9.35. The Morgan fingerprint density at radius 2 is 1.62 bits per heavy atom. The molecule has 0 atom stereocenters. The monoisotopic (exact) mass is 238 g/mol. The van der Waals surface area contributed by atoms with E-state index >= 15 is 0 Å². The van der Waals surface area contributed by atoms with Gasteiger partial charge in [0.25, 0.3) is 0 Å². The SMILES string of the molecule is CCC1=CC=C(O[Si](CC)(CC)CC)CC1.